The van der Waals surface area contributed by atoms with Crippen LogP contribution in [0, 0.1) is 5.82 Å². The highest BCUT2D eigenvalue weighted by atomic mass is 19.4. The van der Waals surface area contributed by atoms with Crippen molar-refractivity contribution in [3.05, 3.63) is 35.1 Å². The first-order chi connectivity index (χ1) is 9.83. The van der Waals surface area contributed by atoms with Crippen molar-refractivity contribution < 1.29 is 22.4 Å². The summed E-state index contributed by atoms with van der Waals surface area (Å²) in [6.45, 7) is 0. The molecule has 0 aromatic heterocycles. The summed E-state index contributed by atoms with van der Waals surface area (Å²) in [5, 5.41) is 5.39. The number of amides is 1. The Morgan fingerprint density at radius 3 is 2.57 bits per heavy atom. The number of benzene rings is 1. The van der Waals surface area contributed by atoms with Gasteiger partial charge in [-0.3, -0.25) is 10.1 Å². The van der Waals surface area contributed by atoms with Gasteiger partial charge in [0.2, 0.25) is 0 Å². The van der Waals surface area contributed by atoms with E-state index < -0.39 is 29.5 Å². The number of rotatable bonds is 2. The zero-order chi connectivity index (χ0) is 15.2. The van der Waals surface area contributed by atoms with E-state index in [-0.39, 0.29) is 17.6 Å². The maximum atomic E-state index is 13.4. The van der Waals surface area contributed by atoms with Crippen molar-refractivity contribution in [3.63, 3.8) is 0 Å². The van der Waals surface area contributed by atoms with Gasteiger partial charge >= 0.3 is 6.18 Å². The summed E-state index contributed by atoms with van der Waals surface area (Å²) in [6.07, 6.45) is -2.76. The van der Waals surface area contributed by atoms with Gasteiger partial charge in [0.05, 0.1) is 5.56 Å². The van der Waals surface area contributed by atoms with Crippen LogP contribution < -0.4 is 10.6 Å². The predicted molar refractivity (Wildman–Crippen MR) is 65.9 cm³/mol. The molecule has 1 saturated carbocycles. The molecule has 1 aromatic carbocycles. The molecule has 21 heavy (non-hydrogen) atoms. The number of carbonyl (C=O) groups excluding carboxylic acids is 1. The minimum atomic E-state index is -4.68. The summed E-state index contributed by atoms with van der Waals surface area (Å²) in [5.41, 5.74) is -1.25. The van der Waals surface area contributed by atoms with Gasteiger partial charge in [-0.05, 0) is 36.6 Å². The Morgan fingerprint density at radius 2 is 1.95 bits per heavy atom. The van der Waals surface area contributed by atoms with Crippen molar-refractivity contribution in [2.75, 3.05) is 0 Å². The van der Waals surface area contributed by atoms with E-state index in [0.717, 1.165) is 25.0 Å². The molecule has 1 atom stereocenters. The summed E-state index contributed by atoms with van der Waals surface area (Å²) >= 11 is 0. The van der Waals surface area contributed by atoms with Gasteiger partial charge in [0, 0.05) is 6.04 Å². The molecule has 8 heteroatoms. The number of alkyl halides is 3. The van der Waals surface area contributed by atoms with Gasteiger partial charge in [0.25, 0.3) is 5.91 Å². The highest BCUT2D eigenvalue weighted by Crippen LogP contribution is 2.33. The Morgan fingerprint density at radius 1 is 1.24 bits per heavy atom. The third-order valence-electron chi connectivity index (χ3n) is 3.23. The fraction of sp³-hybridized carbons (Fsp3) is 0.385. The van der Waals surface area contributed by atoms with Crippen LogP contribution in [0.15, 0.2) is 23.2 Å². The maximum Gasteiger partial charge on any atom is 0.416 e. The monoisotopic (exact) mass is 301 g/mol. The van der Waals surface area contributed by atoms with Gasteiger partial charge < -0.3 is 5.32 Å². The molecule has 2 N–H and O–H groups in total. The van der Waals surface area contributed by atoms with Gasteiger partial charge in [-0.2, -0.15) is 13.2 Å². The number of carbonyl (C=O) groups is 1. The largest absolute Gasteiger partial charge is 0.416 e. The first kappa shape index (κ1) is 13.8. The van der Waals surface area contributed by atoms with Crippen LogP contribution in [0.4, 0.5) is 17.6 Å². The molecule has 1 aliphatic carbocycles. The van der Waals surface area contributed by atoms with Gasteiger partial charge in [-0.25, -0.2) is 9.38 Å². The van der Waals surface area contributed by atoms with E-state index in [9.17, 15) is 22.4 Å². The second-order valence-electron chi connectivity index (χ2n) is 5.06. The van der Waals surface area contributed by atoms with Crippen LogP contribution in [0.5, 0.6) is 0 Å². The second-order valence-corrected chi connectivity index (χ2v) is 5.06. The van der Waals surface area contributed by atoms with Crippen LogP contribution in [0.2, 0.25) is 0 Å². The molecule has 1 aliphatic heterocycles. The SMILES string of the molecule is O=C1NC(NC2CC2)=NC1c1cc(F)cc(C(F)(F)F)c1. The number of hydrogen-bond acceptors (Lipinski definition) is 3. The molecular formula is C13H11F4N3O. The summed E-state index contributed by atoms with van der Waals surface area (Å²) in [4.78, 5) is 15.8. The molecule has 0 saturated heterocycles. The Labute approximate surface area is 117 Å². The van der Waals surface area contributed by atoms with E-state index in [2.05, 4.69) is 15.6 Å². The van der Waals surface area contributed by atoms with Crippen LogP contribution >= 0.6 is 0 Å². The quantitative estimate of drug-likeness (QED) is 0.822. The first-order valence-corrected chi connectivity index (χ1v) is 6.36. The standard InChI is InChI=1S/C13H11F4N3O/c14-8-4-6(3-7(5-8)13(15,16)17)10-11(21)20-12(19-10)18-9-1-2-9/h3-5,9-10H,1-2H2,(H2,18,19,20,21). The van der Waals surface area contributed by atoms with Crippen molar-refractivity contribution in [2.45, 2.75) is 31.1 Å². The molecule has 2 aliphatic rings. The van der Waals surface area contributed by atoms with Gasteiger partial charge in [-0.15, -0.1) is 0 Å². The van der Waals surface area contributed by atoms with Crippen molar-refractivity contribution in [2.24, 2.45) is 4.99 Å². The molecule has 0 spiro atoms. The average molecular weight is 301 g/mol. The van der Waals surface area contributed by atoms with Crippen molar-refractivity contribution in [1.82, 2.24) is 10.6 Å². The minimum Gasteiger partial charge on any atom is -0.353 e. The van der Waals surface area contributed by atoms with Gasteiger partial charge in [-0.1, -0.05) is 0 Å². The van der Waals surface area contributed by atoms with E-state index in [0.29, 0.717) is 6.07 Å². The van der Waals surface area contributed by atoms with E-state index in [4.69, 9.17) is 0 Å². The average Bonchev–Trinajstić information content (AvgIpc) is 3.10. The highest BCUT2D eigenvalue weighted by molar-refractivity contribution is 6.05. The molecule has 112 valence electrons. The molecule has 4 nitrogen and oxygen atoms in total. The lowest BCUT2D eigenvalue weighted by molar-refractivity contribution is -0.138. The summed E-state index contributed by atoms with van der Waals surface area (Å²) in [7, 11) is 0. The number of hydrogen-bond donors (Lipinski definition) is 2. The van der Waals surface area contributed by atoms with Crippen LogP contribution in [-0.2, 0) is 11.0 Å². The zero-order valence-corrected chi connectivity index (χ0v) is 10.7. The Hall–Kier alpha value is -2.12. The number of halogens is 4. The number of guanidine groups is 1. The Bertz CT molecular complexity index is 622. The molecule has 1 unspecified atom stereocenters. The molecule has 0 bridgehead atoms. The minimum absolute atomic E-state index is 0.118. The lowest BCUT2D eigenvalue weighted by Gasteiger charge is -2.11. The Kier molecular flexibility index (Phi) is 3.11. The van der Waals surface area contributed by atoms with Crippen LogP contribution in [-0.4, -0.2) is 17.9 Å². The van der Waals surface area contributed by atoms with E-state index in [1.54, 1.807) is 0 Å². The lowest BCUT2D eigenvalue weighted by Crippen LogP contribution is -2.37. The van der Waals surface area contributed by atoms with Gasteiger partial charge in [0.1, 0.15) is 5.82 Å². The fourth-order valence-corrected chi connectivity index (χ4v) is 2.06. The normalized spacial score (nSPS) is 22.0. The van der Waals surface area contributed by atoms with Crippen LogP contribution in [0.25, 0.3) is 0 Å². The first-order valence-electron chi connectivity index (χ1n) is 6.36. The van der Waals surface area contributed by atoms with E-state index >= 15 is 0 Å². The molecule has 1 aromatic rings. The summed E-state index contributed by atoms with van der Waals surface area (Å²) < 4.78 is 51.4. The van der Waals surface area contributed by atoms with Gasteiger partial charge in [0.15, 0.2) is 12.0 Å². The van der Waals surface area contributed by atoms with Crippen molar-refractivity contribution in [3.8, 4) is 0 Å². The van der Waals surface area contributed by atoms with E-state index in [1.165, 1.54) is 0 Å². The molecule has 3 rings (SSSR count). The maximum absolute atomic E-state index is 13.4. The van der Waals surface area contributed by atoms with Crippen LogP contribution in [0.1, 0.15) is 30.0 Å². The molecule has 1 heterocycles. The van der Waals surface area contributed by atoms with Crippen LogP contribution in [0.3, 0.4) is 0 Å². The Balaban J connectivity index is 1.90. The second kappa shape index (κ2) is 4.71. The number of nitrogens with zero attached hydrogens (tertiary/aromatic N) is 1. The summed E-state index contributed by atoms with van der Waals surface area (Å²) in [6, 6.07) is 1.10. The van der Waals surface area contributed by atoms with Crippen molar-refractivity contribution >= 4 is 11.9 Å². The molecular weight excluding hydrogens is 290 g/mol. The molecule has 1 fully saturated rings. The third kappa shape index (κ3) is 2.98. The van der Waals surface area contributed by atoms with E-state index in [1.807, 2.05) is 0 Å². The third-order valence-corrected chi connectivity index (χ3v) is 3.23. The zero-order valence-electron chi connectivity index (χ0n) is 10.7. The molecule has 1 amide bonds. The number of nitrogens with one attached hydrogen (secondary N) is 2. The fourth-order valence-electron chi connectivity index (χ4n) is 2.06. The molecule has 0 radical (unpaired) electrons. The highest BCUT2D eigenvalue weighted by Gasteiger charge is 2.35. The lowest BCUT2D eigenvalue weighted by atomic mass is 10.0. The smallest absolute Gasteiger partial charge is 0.353 e. The predicted octanol–water partition coefficient (Wildman–Crippen LogP) is 2.12. The summed E-state index contributed by atoms with van der Waals surface area (Å²) in [5.74, 6) is -1.39. The van der Waals surface area contributed by atoms with Crippen molar-refractivity contribution in [1.29, 1.82) is 0 Å². The topological polar surface area (TPSA) is 53.5 Å². The number of aliphatic imine (C=N–C) groups is 1.